The maximum absolute atomic E-state index is 12.7. The van der Waals surface area contributed by atoms with Gasteiger partial charge in [0.1, 0.15) is 5.69 Å². The molecule has 152 valence electrons. The van der Waals surface area contributed by atoms with Crippen LogP contribution in [0.1, 0.15) is 23.3 Å². The maximum Gasteiger partial charge on any atom is 0.268 e. The van der Waals surface area contributed by atoms with Gasteiger partial charge in [0.15, 0.2) is 5.82 Å². The van der Waals surface area contributed by atoms with E-state index >= 15 is 0 Å². The molecule has 0 unspecified atom stereocenters. The van der Waals surface area contributed by atoms with Crippen molar-refractivity contribution in [2.24, 2.45) is 0 Å². The highest BCUT2D eigenvalue weighted by Crippen LogP contribution is 2.25. The molecular weight excluding hydrogens is 398 g/mol. The molecule has 0 aliphatic carbocycles. The number of amides is 1. The summed E-state index contributed by atoms with van der Waals surface area (Å²) in [4.78, 5) is 18.2. The Morgan fingerprint density at radius 3 is 2.80 bits per heavy atom. The number of anilines is 1. The molecule has 1 aliphatic heterocycles. The van der Waals surface area contributed by atoms with Gasteiger partial charge in [0.05, 0.1) is 5.69 Å². The maximum atomic E-state index is 12.7. The Morgan fingerprint density at radius 1 is 1.13 bits per heavy atom. The molecule has 3 N–H and O–H groups in total. The fourth-order valence-corrected chi connectivity index (χ4v) is 4.14. The molecule has 0 bridgehead atoms. The lowest BCUT2D eigenvalue weighted by atomic mass is 10.1. The molecule has 3 heterocycles. The van der Waals surface area contributed by atoms with Crippen LogP contribution in [0.5, 0.6) is 0 Å². The Morgan fingerprint density at radius 2 is 1.97 bits per heavy atom. The summed E-state index contributed by atoms with van der Waals surface area (Å²) >= 11 is 5.98. The van der Waals surface area contributed by atoms with E-state index in [-0.39, 0.29) is 11.9 Å². The van der Waals surface area contributed by atoms with Crippen molar-refractivity contribution in [3.63, 3.8) is 0 Å². The minimum Gasteiger partial charge on any atom is -0.353 e. The zero-order chi connectivity index (χ0) is 20.5. The zero-order valence-electron chi connectivity index (χ0n) is 16.4. The quantitative estimate of drug-likeness (QED) is 0.452. The van der Waals surface area contributed by atoms with Crippen molar-refractivity contribution in [2.75, 3.05) is 18.0 Å². The molecule has 1 atom stereocenters. The second-order valence-electron chi connectivity index (χ2n) is 7.68. The number of aromatic nitrogens is 3. The van der Waals surface area contributed by atoms with E-state index in [0.717, 1.165) is 53.9 Å². The summed E-state index contributed by atoms with van der Waals surface area (Å²) in [6, 6.07) is 19.6. The van der Waals surface area contributed by atoms with Gasteiger partial charge in [0.2, 0.25) is 0 Å². The lowest BCUT2D eigenvalue weighted by molar-refractivity contribution is 0.0929. The first-order chi connectivity index (χ1) is 14.7. The molecule has 2 aromatic heterocycles. The largest absolute Gasteiger partial charge is 0.353 e. The highest BCUT2D eigenvalue weighted by Gasteiger charge is 2.24. The van der Waals surface area contributed by atoms with Gasteiger partial charge in [-0.3, -0.25) is 9.89 Å². The van der Waals surface area contributed by atoms with Crippen LogP contribution in [0.3, 0.4) is 0 Å². The van der Waals surface area contributed by atoms with Crippen LogP contribution in [-0.2, 0) is 0 Å². The Bertz CT molecular complexity index is 1150. The van der Waals surface area contributed by atoms with E-state index in [4.69, 9.17) is 11.6 Å². The summed E-state index contributed by atoms with van der Waals surface area (Å²) in [5, 5.41) is 12.5. The van der Waals surface area contributed by atoms with E-state index in [1.54, 1.807) is 0 Å². The molecule has 1 amide bonds. The predicted octanol–water partition coefficient (Wildman–Crippen LogP) is 4.61. The number of carbonyl (C=O) groups excluding carboxylic acids is 1. The van der Waals surface area contributed by atoms with E-state index in [1.165, 1.54) is 0 Å². The number of hydrogen-bond donors (Lipinski definition) is 3. The van der Waals surface area contributed by atoms with Gasteiger partial charge in [0.25, 0.3) is 5.91 Å². The molecule has 5 rings (SSSR count). The lowest BCUT2D eigenvalue weighted by Gasteiger charge is -2.33. The van der Waals surface area contributed by atoms with Crippen molar-refractivity contribution in [1.82, 2.24) is 20.5 Å². The van der Waals surface area contributed by atoms with Crippen molar-refractivity contribution in [3.8, 4) is 11.3 Å². The number of fused-ring (bicyclic) bond motifs is 1. The molecule has 1 fully saturated rings. The monoisotopic (exact) mass is 419 g/mol. The smallest absolute Gasteiger partial charge is 0.268 e. The van der Waals surface area contributed by atoms with Crippen LogP contribution in [0.25, 0.3) is 22.2 Å². The van der Waals surface area contributed by atoms with Gasteiger partial charge >= 0.3 is 0 Å². The van der Waals surface area contributed by atoms with Gasteiger partial charge in [0, 0.05) is 41.1 Å². The minimum atomic E-state index is -0.0677. The van der Waals surface area contributed by atoms with Crippen LogP contribution in [0.2, 0.25) is 5.02 Å². The second kappa shape index (κ2) is 7.88. The molecule has 4 aromatic rings. The SMILES string of the molecule is O=C(N[C@@H]1CCCN(c2cc(-c3ccc(Cl)cc3)[nH]n2)C1)c1cc2ccccc2[nH]1. The normalized spacial score (nSPS) is 16.7. The number of halogens is 1. The minimum absolute atomic E-state index is 0.0677. The van der Waals surface area contributed by atoms with Gasteiger partial charge in [-0.2, -0.15) is 5.10 Å². The number of benzene rings is 2. The highest BCUT2D eigenvalue weighted by molar-refractivity contribution is 6.30. The summed E-state index contributed by atoms with van der Waals surface area (Å²) in [6.07, 6.45) is 1.96. The molecule has 0 saturated carbocycles. The number of H-pyrrole nitrogens is 2. The van der Waals surface area contributed by atoms with Crippen LogP contribution < -0.4 is 10.2 Å². The first kappa shape index (κ1) is 18.8. The number of nitrogens with one attached hydrogen (secondary N) is 3. The van der Waals surface area contributed by atoms with Gasteiger partial charge < -0.3 is 15.2 Å². The Hall–Kier alpha value is -3.25. The van der Waals surface area contributed by atoms with Crippen molar-refractivity contribution < 1.29 is 4.79 Å². The van der Waals surface area contributed by atoms with E-state index in [2.05, 4.69) is 25.4 Å². The van der Waals surface area contributed by atoms with Crippen molar-refractivity contribution in [3.05, 3.63) is 71.4 Å². The van der Waals surface area contributed by atoms with Crippen molar-refractivity contribution >= 4 is 34.2 Å². The third-order valence-electron chi connectivity index (χ3n) is 5.57. The Labute approximate surface area is 179 Å². The van der Waals surface area contributed by atoms with Gasteiger partial charge in [-0.05, 0) is 42.7 Å². The Balaban J connectivity index is 1.27. The number of hydrogen-bond acceptors (Lipinski definition) is 3. The third kappa shape index (κ3) is 3.78. The fraction of sp³-hybridized carbons (Fsp3) is 0.217. The van der Waals surface area contributed by atoms with Crippen molar-refractivity contribution in [2.45, 2.75) is 18.9 Å². The molecule has 1 aliphatic rings. The number of piperidine rings is 1. The van der Waals surface area contributed by atoms with E-state index in [1.807, 2.05) is 60.7 Å². The van der Waals surface area contributed by atoms with Crippen LogP contribution >= 0.6 is 11.6 Å². The lowest BCUT2D eigenvalue weighted by Crippen LogP contribution is -2.48. The molecule has 0 radical (unpaired) electrons. The topological polar surface area (TPSA) is 76.8 Å². The van der Waals surface area contributed by atoms with Crippen LogP contribution in [0, 0.1) is 0 Å². The number of nitrogens with zero attached hydrogens (tertiary/aromatic N) is 2. The summed E-state index contributed by atoms with van der Waals surface area (Å²) in [5.41, 5.74) is 3.56. The fourth-order valence-electron chi connectivity index (χ4n) is 4.01. The van der Waals surface area contributed by atoms with E-state index in [9.17, 15) is 4.79 Å². The van der Waals surface area contributed by atoms with Gasteiger partial charge in [-0.15, -0.1) is 0 Å². The molecule has 6 nitrogen and oxygen atoms in total. The molecule has 2 aromatic carbocycles. The average molecular weight is 420 g/mol. The Kier molecular flexibility index (Phi) is 4.93. The highest BCUT2D eigenvalue weighted by atomic mass is 35.5. The number of para-hydroxylation sites is 1. The van der Waals surface area contributed by atoms with Gasteiger partial charge in [-0.25, -0.2) is 0 Å². The van der Waals surface area contributed by atoms with Crippen LogP contribution in [0.4, 0.5) is 5.82 Å². The standard InChI is InChI=1S/C23H22ClN5O/c24-17-9-7-15(8-10-17)20-13-22(28-27-20)29-11-3-5-18(14-29)25-23(30)21-12-16-4-1-2-6-19(16)26-21/h1-2,4,6-10,12-13,18,26H,3,5,11,14H2,(H,25,30)(H,27,28)/t18-/m1/s1. The summed E-state index contributed by atoms with van der Waals surface area (Å²) < 4.78 is 0. The number of carbonyl (C=O) groups is 1. The molecule has 30 heavy (non-hydrogen) atoms. The summed E-state index contributed by atoms with van der Waals surface area (Å²) in [5.74, 6) is 0.825. The number of rotatable bonds is 4. The molecular formula is C23H22ClN5O. The third-order valence-corrected chi connectivity index (χ3v) is 5.83. The molecule has 0 spiro atoms. The summed E-state index contributed by atoms with van der Waals surface area (Å²) in [6.45, 7) is 1.65. The van der Waals surface area contributed by atoms with E-state index in [0.29, 0.717) is 10.7 Å². The first-order valence-electron chi connectivity index (χ1n) is 10.1. The first-order valence-corrected chi connectivity index (χ1v) is 10.5. The second-order valence-corrected chi connectivity index (χ2v) is 8.11. The predicted molar refractivity (Wildman–Crippen MR) is 120 cm³/mol. The van der Waals surface area contributed by atoms with E-state index < -0.39 is 0 Å². The molecule has 7 heteroatoms. The summed E-state index contributed by atoms with van der Waals surface area (Å²) in [7, 11) is 0. The van der Waals surface area contributed by atoms with Crippen LogP contribution in [-0.4, -0.2) is 40.2 Å². The van der Waals surface area contributed by atoms with Crippen molar-refractivity contribution in [1.29, 1.82) is 0 Å². The average Bonchev–Trinajstić information content (AvgIpc) is 3.42. The zero-order valence-corrected chi connectivity index (χ0v) is 17.1. The van der Waals surface area contributed by atoms with Gasteiger partial charge in [-0.1, -0.05) is 41.9 Å². The van der Waals surface area contributed by atoms with Crippen LogP contribution in [0.15, 0.2) is 60.7 Å². The number of aromatic amines is 2. The molecule has 1 saturated heterocycles.